The van der Waals surface area contributed by atoms with Crippen LogP contribution in [0.1, 0.15) is 5.56 Å². The van der Waals surface area contributed by atoms with Crippen molar-refractivity contribution < 1.29 is 19.2 Å². The van der Waals surface area contributed by atoms with Gasteiger partial charge in [0.05, 0.1) is 19.1 Å². The minimum Gasteiger partial charge on any atom is -0.496 e. The monoisotopic (exact) mass is 300 g/mol. The third kappa shape index (κ3) is 4.39. The first kappa shape index (κ1) is 16.3. The number of nitro groups is 1. The Bertz CT molecular complexity index is 495. The fourth-order valence-corrected chi connectivity index (χ4v) is 2.46. The lowest BCUT2D eigenvalue weighted by Gasteiger charge is -2.10. The normalized spacial score (nSPS) is 11.8. The second kappa shape index (κ2) is 7.71. The Labute approximate surface area is 120 Å². The summed E-state index contributed by atoms with van der Waals surface area (Å²) < 4.78 is 9.67. The van der Waals surface area contributed by atoms with E-state index in [9.17, 15) is 14.9 Å². The number of carbonyl (C=O) groups excluding carboxylic acids is 1. The van der Waals surface area contributed by atoms with E-state index in [1.54, 1.807) is 6.07 Å². The maximum absolute atomic E-state index is 11.1. The molecule has 0 bridgehead atoms. The van der Waals surface area contributed by atoms with Gasteiger partial charge < -0.3 is 15.2 Å². The van der Waals surface area contributed by atoms with E-state index in [0.29, 0.717) is 22.8 Å². The molecule has 0 amide bonds. The quantitative estimate of drug-likeness (QED) is 0.460. The minimum absolute atomic E-state index is 0.00123. The summed E-state index contributed by atoms with van der Waals surface area (Å²) in [6.07, 6.45) is 0. The van der Waals surface area contributed by atoms with Crippen molar-refractivity contribution in [1.82, 2.24) is 0 Å². The van der Waals surface area contributed by atoms with E-state index in [2.05, 4.69) is 4.74 Å². The number of methoxy groups -OCH3 is 2. The van der Waals surface area contributed by atoms with Gasteiger partial charge in [0.2, 0.25) is 0 Å². The molecule has 0 saturated heterocycles. The summed E-state index contributed by atoms with van der Waals surface area (Å²) in [6, 6.07) is 3.67. The van der Waals surface area contributed by atoms with Crippen molar-refractivity contribution in [3.63, 3.8) is 0 Å². The molecule has 7 nitrogen and oxygen atoms in total. The van der Waals surface area contributed by atoms with Gasteiger partial charge in [-0.25, -0.2) is 0 Å². The van der Waals surface area contributed by atoms with Crippen LogP contribution in [0.4, 0.5) is 5.69 Å². The number of carbonyl (C=O) groups is 1. The van der Waals surface area contributed by atoms with Gasteiger partial charge in [-0.3, -0.25) is 14.9 Å². The van der Waals surface area contributed by atoms with E-state index in [1.165, 1.54) is 38.1 Å². The molecule has 0 fully saturated rings. The molecule has 20 heavy (non-hydrogen) atoms. The predicted octanol–water partition coefficient (Wildman–Crippen LogP) is 1.34. The van der Waals surface area contributed by atoms with Crippen LogP contribution in [-0.2, 0) is 15.3 Å². The van der Waals surface area contributed by atoms with E-state index in [4.69, 9.17) is 10.5 Å². The molecule has 1 aromatic rings. The molecule has 0 saturated carbocycles. The summed E-state index contributed by atoms with van der Waals surface area (Å²) >= 11 is 1.38. The van der Waals surface area contributed by atoms with Crippen LogP contribution in [0.3, 0.4) is 0 Å². The number of nitro benzene ring substituents is 1. The average Bonchev–Trinajstić information content (AvgIpc) is 2.45. The summed E-state index contributed by atoms with van der Waals surface area (Å²) in [4.78, 5) is 21.4. The van der Waals surface area contributed by atoms with Crippen molar-refractivity contribution in [1.29, 1.82) is 0 Å². The predicted molar refractivity (Wildman–Crippen MR) is 75.8 cm³/mol. The highest BCUT2D eigenvalue weighted by Gasteiger charge is 2.15. The molecule has 1 aromatic carbocycles. The van der Waals surface area contributed by atoms with Crippen molar-refractivity contribution in [2.75, 3.05) is 20.0 Å². The summed E-state index contributed by atoms with van der Waals surface area (Å²) in [6.45, 7) is 0. The highest BCUT2D eigenvalue weighted by atomic mass is 32.2. The standard InChI is InChI=1S/C12H16N2O5S/c1-18-11-4-3-9(14(16)17)5-8(11)6-20-7-10(13)12(15)19-2/h3-5,10H,6-7,13H2,1-2H3. The lowest BCUT2D eigenvalue weighted by atomic mass is 10.2. The molecule has 2 N–H and O–H groups in total. The molecule has 0 radical (unpaired) electrons. The molecule has 1 atom stereocenters. The highest BCUT2D eigenvalue weighted by Crippen LogP contribution is 2.27. The molecule has 1 unspecified atom stereocenters. The maximum atomic E-state index is 11.1. The van der Waals surface area contributed by atoms with Crippen LogP contribution >= 0.6 is 11.8 Å². The Hall–Kier alpha value is -1.80. The number of benzene rings is 1. The Morgan fingerprint density at radius 3 is 2.75 bits per heavy atom. The van der Waals surface area contributed by atoms with Crippen LogP contribution in [0.2, 0.25) is 0 Å². The van der Waals surface area contributed by atoms with Crippen molar-refractivity contribution in [3.8, 4) is 5.75 Å². The average molecular weight is 300 g/mol. The second-order valence-electron chi connectivity index (χ2n) is 3.90. The van der Waals surface area contributed by atoms with Gasteiger partial charge in [0.1, 0.15) is 11.8 Å². The first-order valence-corrected chi connectivity index (χ1v) is 6.87. The molecule has 0 aliphatic heterocycles. The largest absolute Gasteiger partial charge is 0.496 e. The number of ether oxygens (including phenoxy) is 2. The third-order valence-electron chi connectivity index (χ3n) is 2.53. The van der Waals surface area contributed by atoms with Gasteiger partial charge in [-0.2, -0.15) is 11.8 Å². The number of rotatable bonds is 7. The van der Waals surface area contributed by atoms with Crippen LogP contribution < -0.4 is 10.5 Å². The van der Waals surface area contributed by atoms with Gasteiger partial charge in [-0.15, -0.1) is 0 Å². The minimum atomic E-state index is -0.713. The number of non-ortho nitro benzene ring substituents is 1. The van der Waals surface area contributed by atoms with Crippen molar-refractivity contribution in [2.45, 2.75) is 11.8 Å². The number of thioether (sulfide) groups is 1. The zero-order valence-corrected chi connectivity index (χ0v) is 12.0. The number of nitrogens with zero attached hydrogens (tertiary/aromatic N) is 1. The van der Waals surface area contributed by atoms with E-state index in [0.717, 1.165) is 0 Å². The topological polar surface area (TPSA) is 105 Å². The smallest absolute Gasteiger partial charge is 0.323 e. The van der Waals surface area contributed by atoms with Crippen molar-refractivity contribution in [2.24, 2.45) is 5.73 Å². The Kier molecular flexibility index (Phi) is 6.26. The van der Waals surface area contributed by atoms with Crippen LogP contribution in [0, 0.1) is 10.1 Å². The Balaban J connectivity index is 2.68. The van der Waals surface area contributed by atoms with Gasteiger partial charge >= 0.3 is 5.97 Å². The molecule has 0 aliphatic rings. The zero-order chi connectivity index (χ0) is 15.1. The lowest BCUT2D eigenvalue weighted by Crippen LogP contribution is -2.33. The van der Waals surface area contributed by atoms with Gasteiger partial charge in [0.15, 0.2) is 0 Å². The number of hydrogen-bond donors (Lipinski definition) is 1. The van der Waals surface area contributed by atoms with Gasteiger partial charge in [0.25, 0.3) is 5.69 Å². The number of nitrogens with two attached hydrogens (primary N) is 1. The van der Waals surface area contributed by atoms with Crippen LogP contribution in [0.25, 0.3) is 0 Å². The molecule has 0 aromatic heterocycles. The molecular weight excluding hydrogens is 284 g/mol. The van der Waals surface area contributed by atoms with Gasteiger partial charge in [0, 0.05) is 29.2 Å². The third-order valence-corrected chi connectivity index (χ3v) is 3.64. The van der Waals surface area contributed by atoms with Crippen molar-refractivity contribution in [3.05, 3.63) is 33.9 Å². The molecule has 1 rings (SSSR count). The van der Waals surface area contributed by atoms with Crippen LogP contribution in [0.15, 0.2) is 18.2 Å². The lowest BCUT2D eigenvalue weighted by molar-refractivity contribution is -0.384. The Morgan fingerprint density at radius 2 is 2.20 bits per heavy atom. The van der Waals surface area contributed by atoms with Crippen LogP contribution in [-0.4, -0.2) is 36.9 Å². The summed E-state index contributed by atoms with van der Waals surface area (Å²) in [7, 11) is 2.77. The molecule has 8 heteroatoms. The molecule has 0 heterocycles. The van der Waals surface area contributed by atoms with Gasteiger partial charge in [-0.1, -0.05) is 0 Å². The summed E-state index contributed by atoms with van der Waals surface area (Å²) in [5.74, 6) is 0.895. The fraction of sp³-hybridized carbons (Fsp3) is 0.417. The highest BCUT2D eigenvalue weighted by molar-refractivity contribution is 7.98. The first-order valence-electron chi connectivity index (χ1n) is 5.72. The van der Waals surface area contributed by atoms with Crippen LogP contribution in [0.5, 0.6) is 5.75 Å². The van der Waals surface area contributed by atoms with Gasteiger partial charge in [-0.05, 0) is 6.07 Å². The number of esters is 1. The maximum Gasteiger partial charge on any atom is 0.323 e. The SMILES string of the molecule is COC(=O)C(N)CSCc1cc([N+](=O)[O-])ccc1OC. The molecule has 0 spiro atoms. The fourth-order valence-electron chi connectivity index (χ4n) is 1.51. The van der Waals surface area contributed by atoms with E-state index < -0.39 is 16.9 Å². The van der Waals surface area contributed by atoms with E-state index >= 15 is 0 Å². The molecule has 110 valence electrons. The first-order chi connectivity index (χ1) is 9.49. The zero-order valence-electron chi connectivity index (χ0n) is 11.2. The number of hydrogen-bond acceptors (Lipinski definition) is 7. The van der Waals surface area contributed by atoms with E-state index in [-0.39, 0.29) is 5.69 Å². The van der Waals surface area contributed by atoms with Crippen molar-refractivity contribution >= 4 is 23.4 Å². The van der Waals surface area contributed by atoms with E-state index in [1.807, 2.05) is 0 Å². The summed E-state index contributed by atoms with van der Waals surface area (Å²) in [5, 5.41) is 10.7. The molecule has 0 aliphatic carbocycles. The second-order valence-corrected chi connectivity index (χ2v) is 4.93. The summed E-state index contributed by atoms with van der Waals surface area (Å²) in [5.41, 5.74) is 6.29. The molecular formula is C12H16N2O5S. The Morgan fingerprint density at radius 1 is 1.50 bits per heavy atom.